The lowest BCUT2D eigenvalue weighted by atomic mass is 10.3. The molecule has 0 N–H and O–H groups in total. The van der Waals surface area contributed by atoms with Gasteiger partial charge in [0.1, 0.15) is 0 Å². The van der Waals surface area contributed by atoms with E-state index in [1.807, 2.05) is 32.1 Å². The van der Waals surface area contributed by atoms with Crippen LogP contribution in [0.1, 0.15) is 13.8 Å². The molecular weight excluding hydrogens is 120 g/mol. The summed E-state index contributed by atoms with van der Waals surface area (Å²) in [5.41, 5.74) is 1.18. The number of halogens is 1. The van der Waals surface area contributed by atoms with Crippen LogP contribution in [-0.2, 0) is 0 Å². The van der Waals surface area contributed by atoms with E-state index in [1.54, 1.807) is 0 Å². The fraction of sp³-hybridized carbons (Fsp3) is 0.429. The highest BCUT2D eigenvalue weighted by Gasteiger charge is 1.81. The molecule has 0 saturated heterocycles. The topological polar surface area (TPSA) is 0 Å². The number of allylic oxidation sites excluding steroid dienone is 4. The van der Waals surface area contributed by atoms with Crippen LogP contribution in [-0.4, -0.2) is 5.88 Å². The van der Waals surface area contributed by atoms with Crippen molar-refractivity contribution >= 4 is 11.6 Å². The molecule has 0 rings (SSSR count). The van der Waals surface area contributed by atoms with Gasteiger partial charge in [-0.15, -0.1) is 11.6 Å². The molecule has 46 valence electrons. The van der Waals surface area contributed by atoms with Crippen LogP contribution in [0.2, 0.25) is 0 Å². The molecule has 0 radical (unpaired) electrons. The Bertz CT molecular complexity index is 98.2. The Labute approximate surface area is 55.9 Å². The summed E-state index contributed by atoms with van der Waals surface area (Å²) in [6.07, 6.45) is 6.00. The van der Waals surface area contributed by atoms with Gasteiger partial charge in [-0.3, -0.25) is 0 Å². The van der Waals surface area contributed by atoms with E-state index in [9.17, 15) is 0 Å². The average molecular weight is 131 g/mol. The number of rotatable bonds is 2. The third-order valence-electron chi connectivity index (χ3n) is 0.906. The molecule has 0 saturated carbocycles. The smallest absolute Gasteiger partial charge is 0.0470 e. The molecule has 0 nitrogen and oxygen atoms in total. The molecule has 1 heteroatoms. The maximum absolute atomic E-state index is 5.53. The number of hydrogen-bond donors (Lipinski definition) is 0. The Balaban J connectivity index is 3.72. The van der Waals surface area contributed by atoms with E-state index in [-0.39, 0.29) is 0 Å². The molecule has 0 fully saturated rings. The van der Waals surface area contributed by atoms with Crippen LogP contribution in [0.3, 0.4) is 0 Å². The summed E-state index contributed by atoms with van der Waals surface area (Å²) in [5.74, 6) is 0.612. The van der Waals surface area contributed by atoms with E-state index in [4.69, 9.17) is 11.6 Å². The maximum atomic E-state index is 5.53. The van der Waals surface area contributed by atoms with Crippen molar-refractivity contribution in [1.82, 2.24) is 0 Å². The summed E-state index contributed by atoms with van der Waals surface area (Å²) in [6.45, 7) is 3.97. The van der Waals surface area contributed by atoms with Gasteiger partial charge >= 0.3 is 0 Å². The monoisotopic (exact) mass is 130 g/mol. The van der Waals surface area contributed by atoms with Crippen LogP contribution in [0.15, 0.2) is 23.8 Å². The van der Waals surface area contributed by atoms with E-state index < -0.39 is 0 Å². The summed E-state index contributed by atoms with van der Waals surface area (Å²) >= 11 is 5.53. The molecule has 0 unspecified atom stereocenters. The highest BCUT2D eigenvalue weighted by atomic mass is 35.5. The lowest BCUT2D eigenvalue weighted by molar-refractivity contribution is 1.47. The molecule has 0 aliphatic rings. The zero-order chi connectivity index (χ0) is 6.41. The van der Waals surface area contributed by atoms with Crippen molar-refractivity contribution in [2.45, 2.75) is 13.8 Å². The van der Waals surface area contributed by atoms with Gasteiger partial charge in [0.05, 0.1) is 0 Å². The molecule has 0 bridgehead atoms. The predicted octanol–water partition coefficient (Wildman–Crippen LogP) is 2.75. The van der Waals surface area contributed by atoms with Crippen LogP contribution in [0.4, 0.5) is 0 Å². The quantitative estimate of drug-likeness (QED) is 0.398. The molecule has 0 aromatic carbocycles. The van der Waals surface area contributed by atoms with Crippen molar-refractivity contribution < 1.29 is 0 Å². The van der Waals surface area contributed by atoms with Crippen molar-refractivity contribution in [2.75, 3.05) is 5.88 Å². The molecule has 0 aliphatic heterocycles. The molecule has 0 spiro atoms. The van der Waals surface area contributed by atoms with Gasteiger partial charge < -0.3 is 0 Å². The summed E-state index contributed by atoms with van der Waals surface area (Å²) in [6, 6.07) is 0. The number of hydrogen-bond acceptors (Lipinski definition) is 0. The van der Waals surface area contributed by atoms with E-state index in [0.29, 0.717) is 5.88 Å². The molecule has 0 aromatic rings. The maximum Gasteiger partial charge on any atom is 0.0470 e. The molecule has 0 aromatic heterocycles. The first-order valence-electron chi connectivity index (χ1n) is 2.69. The second-order valence-electron chi connectivity index (χ2n) is 1.50. The Morgan fingerprint density at radius 2 is 2.12 bits per heavy atom. The van der Waals surface area contributed by atoms with Gasteiger partial charge in [-0.2, -0.15) is 0 Å². The van der Waals surface area contributed by atoms with E-state index >= 15 is 0 Å². The zero-order valence-electron chi connectivity index (χ0n) is 5.32. The lowest BCUT2D eigenvalue weighted by Gasteiger charge is -1.88. The fourth-order valence-electron chi connectivity index (χ4n) is 0.432. The highest BCUT2D eigenvalue weighted by molar-refractivity contribution is 6.19. The molecule has 0 heterocycles. The largest absolute Gasteiger partial charge is 0.122 e. The summed E-state index contributed by atoms with van der Waals surface area (Å²) in [4.78, 5) is 0. The summed E-state index contributed by atoms with van der Waals surface area (Å²) in [7, 11) is 0. The van der Waals surface area contributed by atoms with Crippen molar-refractivity contribution in [1.29, 1.82) is 0 Å². The van der Waals surface area contributed by atoms with E-state index in [1.165, 1.54) is 5.57 Å². The minimum atomic E-state index is 0.612. The van der Waals surface area contributed by atoms with Gasteiger partial charge in [0.2, 0.25) is 0 Å². The molecule has 0 amide bonds. The lowest BCUT2D eigenvalue weighted by Crippen LogP contribution is -1.74. The van der Waals surface area contributed by atoms with Crippen LogP contribution in [0, 0.1) is 0 Å². The third kappa shape index (κ3) is 2.86. The minimum absolute atomic E-state index is 0.612. The zero-order valence-corrected chi connectivity index (χ0v) is 6.07. The first kappa shape index (κ1) is 7.77. The fourth-order valence-corrected chi connectivity index (χ4v) is 0.675. The van der Waals surface area contributed by atoms with Gasteiger partial charge in [-0.1, -0.05) is 18.2 Å². The normalized spacial score (nSPS) is 13.1. The second-order valence-corrected chi connectivity index (χ2v) is 1.76. The highest BCUT2D eigenvalue weighted by Crippen LogP contribution is 1.97. The molecular formula is C7H11Cl. The Hall–Kier alpha value is -0.230. The molecule has 0 aliphatic carbocycles. The number of alkyl halides is 1. The standard InChI is InChI=1S/C7H11Cl/c1-3-5-7(4-2)6-8/h3-5H,6H2,1-2H3. The van der Waals surface area contributed by atoms with Gasteiger partial charge in [0.25, 0.3) is 0 Å². The van der Waals surface area contributed by atoms with Crippen molar-refractivity contribution in [3.63, 3.8) is 0 Å². The van der Waals surface area contributed by atoms with Gasteiger partial charge in [0, 0.05) is 5.88 Å². The third-order valence-corrected chi connectivity index (χ3v) is 1.21. The van der Waals surface area contributed by atoms with Gasteiger partial charge in [-0.05, 0) is 19.4 Å². The van der Waals surface area contributed by atoms with Crippen LogP contribution in [0.25, 0.3) is 0 Å². The van der Waals surface area contributed by atoms with Crippen LogP contribution < -0.4 is 0 Å². The SMILES string of the molecule is CC=CC(=CC)CCl. The van der Waals surface area contributed by atoms with Gasteiger partial charge in [0.15, 0.2) is 0 Å². The first-order chi connectivity index (χ1) is 3.85. The van der Waals surface area contributed by atoms with Crippen molar-refractivity contribution in [3.05, 3.63) is 23.8 Å². The summed E-state index contributed by atoms with van der Waals surface area (Å²) < 4.78 is 0. The minimum Gasteiger partial charge on any atom is -0.122 e. The predicted molar refractivity (Wildman–Crippen MR) is 39.3 cm³/mol. The Morgan fingerprint density at radius 1 is 1.50 bits per heavy atom. The first-order valence-corrected chi connectivity index (χ1v) is 3.22. The van der Waals surface area contributed by atoms with E-state index in [2.05, 4.69) is 0 Å². The van der Waals surface area contributed by atoms with Crippen LogP contribution in [0.5, 0.6) is 0 Å². The Morgan fingerprint density at radius 3 is 2.25 bits per heavy atom. The van der Waals surface area contributed by atoms with Crippen molar-refractivity contribution in [2.24, 2.45) is 0 Å². The van der Waals surface area contributed by atoms with Crippen molar-refractivity contribution in [3.8, 4) is 0 Å². The second kappa shape index (κ2) is 4.92. The molecule has 8 heavy (non-hydrogen) atoms. The molecule has 0 atom stereocenters. The summed E-state index contributed by atoms with van der Waals surface area (Å²) in [5, 5.41) is 0. The van der Waals surface area contributed by atoms with Gasteiger partial charge in [-0.25, -0.2) is 0 Å². The van der Waals surface area contributed by atoms with Crippen LogP contribution >= 0.6 is 11.6 Å². The Kier molecular flexibility index (Phi) is 4.78. The average Bonchev–Trinajstić information content (AvgIpc) is 1.83. The van der Waals surface area contributed by atoms with E-state index in [0.717, 1.165) is 0 Å².